The van der Waals surface area contributed by atoms with Crippen LogP contribution in [0.3, 0.4) is 0 Å². The van der Waals surface area contributed by atoms with Crippen molar-refractivity contribution in [2.24, 2.45) is 4.99 Å². The lowest BCUT2D eigenvalue weighted by atomic mass is 9.90. The Kier molecular flexibility index (Phi) is 5.41. The van der Waals surface area contributed by atoms with Crippen molar-refractivity contribution in [2.75, 3.05) is 0 Å². The molecule has 0 saturated carbocycles. The molecular formula is C28H27NO. The summed E-state index contributed by atoms with van der Waals surface area (Å²) < 4.78 is 6.35. The van der Waals surface area contributed by atoms with E-state index in [1.54, 1.807) is 0 Å². The van der Waals surface area contributed by atoms with Gasteiger partial charge in [0, 0.05) is 16.7 Å². The molecule has 4 rings (SSSR count). The molecule has 0 fully saturated rings. The molecule has 3 aromatic rings. The van der Waals surface area contributed by atoms with Crippen LogP contribution in [-0.2, 0) is 0 Å². The van der Waals surface area contributed by atoms with Gasteiger partial charge in [-0.25, -0.2) is 0 Å². The van der Waals surface area contributed by atoms with E-state index < -0.39 is 0 Å². The van der Waals surface area contributed by atoms with Crippen LogP contribution in [0.15, 0.2) is 102 Å². The maximum atomic E-state index is 6.35. The third kappa shape index (κ3) is 4.28. The van der Waals surface area contributed by atoms with Crippen molar-refractivity contribution in [1.29, 1.82) is 0 Å². The zero-order chi connectivity index (χ0) is 21.1. The van der Waals surface area contributed by atoms with Gasteiger partial charge in [0.25, 0.3) is 0 Å². The first-order valence-electron chi connectivity index (χ1n) is 10.3. The lowest BCUT2D eigenvalue weighted by Crippen LogP contribution is -2.15. The Hall–Kier alpha value is -3.39. The summed E-state index contributed by atoms with van der Waals surface area (Å²) in [5.41, 5.74) is 6.31. The van der Waals surface area contributed by atoms with Crippen molar-refractivity contribution in [3.05, 3.63) is 113 Å². The van der Waals surface area contributed by atoms with E-state index in [1.165, 1.54) is 0 Å². The highest BCUT2D eigenvalue weighted by Crippen LogP contribution is 2.41. The van der Waals surface area contributed by atoms with Crippen molar-refractivity contribution >= 4 is 17.0 Å². The summed E-state index contributed by atoms with van der Waals surface area (Å²) in [6.07, 6.45) is 2.21. The Morgan fingerprint density at radius 1 is 0.800 bits per heavy atom. The molecule has 0 radical (unpaired) electrons. The molecular weight excluding hydrogens is 366 g/mol. The molecule has 0 aliphatic carbocycles. The summed E-state index contributed by atoms with van der Waals surface area (Å²) in [7, 11) is 0. The summed E-state index contributed by atoms with van der Waals surface area (Å²) in [6.45, 7) is 8.52. The van der Waals surface area contributed by atoms with E-state index in [4.69, 9.17) is 9.73 Å². The summed E-state index contributed by atoms with van der Waals surface area (Å²) in [6, 6.07) is 28.9. The van der Waals surface area contributed by atoms with E-state index in [1.807, 2.05) is 36.4 Å². The predicted molar refractivity (Wildman–Crippen MR) is 127 cm³/mol. The molecule has 0 spiro atoms. The Morgan fingerprint density at radius 3 is 2.07 bits per heavy atom. The maximum Gasteiger partial charge on any atom is 0.138 e. The number of hydrogen-bond donors (Lipinski definition) is 0. The molecule has 2 heteroatoms. The number of fused-ring (bicyclic) bond motifs is 1. The Morgan fingerprint density at radius 2 is 1.40 bits per heavy atom. The molecule has 0 saturated heterocycles. The number of aliphatic imine (C=N–C) groups is 1. The van der Waals surface area contributed by atoms with Crippen LogP contribution in [0.4, 0.5) is 0 Å². The van der Waals surface area contributed by atoms with Crippen LogP contribution < -0.4 is 4.74 Å². The molecule has 0 amide bonds. The van der Waals surface area contributed by atoms with Gasteiger partial charge in [-0.3, -0.25) is 4.99 Å². The van der Waals surface area contributed by atoms with E-state index >= 15 is 0 Å². The zero-order valence-corrected chi connectivity index (χ0v) is 18.0. The van der Waals surface area contributed by atoms with Crippen molar-refractivity contribution in [2.45, 2.75) is 33.2 Å². The fraction of sp³-hybridized carbons (Fsp3) is 0.179. The Balaban J connectivity index is 1.94. The minimum absolute atomic E-state index is 0.188. The van der Waals surface area contributed by atoms with Gasteiger partial charge in [0.05, 0.1) is 11.3 Å². The van der Waals surface area contributed by atoms with Gasteiger partial charge in [-0.2, -0.15) is 0 Å². The summed E-state index contributed by atoms with van der Waals surface area (Å²) in [4.78, 5) is 5.06. The Bertz CT molecular complexity index is 1130. The minimum atomic E-state index is -0.188. The third-order valence-corrected chi connectivity index (χ3v) is 4.98. The van der Waals surface area contributed by atoms with Crippen LogP contribution in [0.2, 0.25) is 0 Å². The molecule has 0 N–H and O–H groups in total. The normalized spacial score (nSPS) is 15.7. The molecule has 0 bridgehead atoms. The number of rotatable bonds is 3. The first-order chi connectivity index (χ1) is 14.4. The second-order valence-corrected chi connectivity index (χ2v) is 8.51. The molecule has 1 heterocycles. The number of nitrogens with zero attached hydrogens (tertiary/aromatic N) is 1. The maximum absolute atomic E-state index is 6.35. The average molecular weight is 394 g/mol. The van der Waals surface area contributed by atoms with E-state index in [0.717, 1.165) is 45.1 Å². The quantitative estimate of drug-likeness (QED) is 0.432. The van der Waals surface area contributed by atoms with Gasteiger partial charge in [-0.1, -0.05) is 78.9 Å². The minimum Gasteiger partial charge on any atom is -0.456 e. The number of ether oxygens (including phenoxy) is 1. The number of allylic oxidation sites excluding steroid dienone is 3. The fourth-order valence-electron chi connectivity index (χ4n) is 3.63. The highest BCUT2D eigenvalue weighted by molar-refractivity contribution is 6.15. The first-order valence-corrected chi connectivity index (χ1v) is 10.3. The van der Waals surface area contributed by atoms with Crippen LogP contribution in [0.25, 0.3) is 11.3 Å². The first kappa shape index (κ1) is 19.9. The van der Waals surface area contributed by atoms with Crippen LogP contribution in [0.1, 0.15) is 44.4 Å². The molecule has 0 unspecified atom stereocenters. The standard InChI is InChI=1S/C28H27NO/c1-20-24(19-25(29-28(2,3)4)21-13-7-5-8-14-21)23-17-11-12-18-26(23)30-27(20)22-15-9-6-10-16-22/h5-19H,1-4H3. The lowest BCUT2D eigenvalue weighted by molar-refractivity contribution is 0.505. The number of hydrogen-bond acceptors (Lipinski definition) is 2. The molecule has 2 nitrogen and oxygen atoms in total. The van der Waals surface area contributed by atoms with Crippen molar-refractivity contribution in [1.82, 2.24) is 0 Å². The second kappa shape index (κ2) is 8.16. The van der Waals surface area contributed by atoms with Crippen molar-refractivity contribution < 1.29 is 4.74 Å². The summed E-state index contributed by atoms with van der Waals surface area (Å²) in [5, 5.41) is 0. The largest absolute Gasteiger partial charge is 0.456 e. The summed E-state index contributed by atoms with van der Waals surface area (Å²) >= 11 is 0. The van der Waals surface area contributed by atoms with Crippen LogP contribution in [0.5, 0.6) is 5.75 Å². The van der Waals surface area contributed by atoms with Gasteiger partial charge in [-0.05, 0) is 51.0 Å². The molecule has 0 atom stereocenters. The molecule has 3 aromatic carbocycles. The highest BCUT2D eigenvalue weighted by atomic mass is 16.5. The van der Waals surface area contributed by atoms with Gasteiger partial charge < -0.3 is 4.74 Å². The Labute approximate surface area is 179 Å². The third-order valence-electron chi connectivity index (χ3n) is 4.98. The zero-order valence-electron chi connectivity index (χ0n) is 18.0. The molecule has 150 valence electrons. The van der Waals surface area contributed by atoms with Crippen molar-refractivity contribution in [3.8, 4) is 5.75 Å². The average Bonchev–Trinajstić information content (AvgIpc) is 2.75. The summed E-state index contributed by atoms with van der Waals surface area (Å²) in [5.74, 6) is 1.76. The van der Waals surface area contributed by atoms with Gasteiger partial charge in [0.2, 0.25) is 0 Å². The molecule has 1 aliphatic heterocycles. The highest BCUT2D eigenvalue weighted by Gasteiger charge is 2.23. The van der Waals surface area contributed by atoms with E-state index in [-0.39, 0.29) is 5.54 Å². The van der Waals surface area contributed by atoms with E-state index in [0.29, 0.717) is 0 Å². The number of para-hydroxylation sites is 1. The fourth-order valence-corrected chi connectivity index (χ4v) is 3.63. The predicted octanol–water partition coefficient (Wildman–Crippen LogP) is 7.18. The SMILES string of the molecule is CC1=C(c2ccccc2)Oc2ccccc2C1=CC(=NC(C)(C)C)c1ccccc1. The monoisotopic (exact) mass is 393 g/mol. The van der Waals surface area contributed by atoms with Crippen LogP contribution >= 0.6 is 0 Å². The molecule has 1 aliphatic rings. The smallest absolute Gasteiger partial charge is 0.138 e. The van der Waals surface area contributed by atoms with Gasteiger partial charge in [0.1, 0.15) is 11.5 Å². The topological polar surface area (TPSA) is 21.6 Å². The van der Waals surface area contributed by atoms with Crippen LogP contribution in [-0.4, -0.2) is 11.3 Å². The van der Waals surface area contributed by atoms with Gasteiger partial charge in [0.15, 0.2) is 0 Å². The number of benzene rings is 3. The van der Waals surface area contributed by atoms with Crippen molar-refractivity contribution in [3.63, 3.8) is 0 Å². The molecule has 30 heavy (non-hydrogen) atoms. The van der Waals surface area contributed by atoms with E-state index in [9.17, 15) is 0 Å². The van der Waals surface area contributed by atoms with Gasteiger partial charge >= 0.3 is 0 Å². The van der Waals surface area contributed by atoms with Gasteiger partial charge in [-0.15, -0.1) is 0 Å². The second-order valence-electron chi connectivity index (χ2n) is 8.51. The lowest BCUT2D eigenvalue weighted by Gasteiger charge is -2.25. The van der Waals surface area contributed by atoms with E-state index in [2.05, 4.69) is 82.3 Å². The molecule has 0 aromatic heterocycles. The van der Waals surface area contributed by atoms with Crippen LogP contribution in [0, 0.1) is 0 Å².